The summed E-state index contributed by atoms with van der Waals surface area (Å²) in [5, 5.41) is 0. The molecule has 118 valence electrons. The second kappa shape index (κ2) is 6.06. The highest BCUT2D eigenvalue weighted by Crippen LogP contribution is 2.36. The van der Waals surface area contributed by atoms with Crippen LogP contribution in [0.4, 0.5) is 15.8 Å². The van der Waals surface area contributed by atoms with Crippen molar-refractivity contribution in [3.05, 3.63) is 48.3 Å². The average Bonchev–Trinajstić information content (AvgIpc) is 2.40. The SMILES string of the molecule is CC(C)(C)N(c1ccccc1-c1ccc(N)c(F)c1)S(=O)O. The Morgan fingerprint density at radius 2 is 1.82 bits per heavy atom. The van der Waals surface area contributed by atoms with Crippen LogP contribution in [-0.2, 0) is 11.3 Å². The summed E-state index contributed by atoms with van der Waals surface area (Å²) < 4.78 is 36.6. The molecule has 0 aromatic heterocycles. The third-order valence-electron chi connectivity index (χ3n) is 3.20. The normalized spacial score (nSPS) is 13.0. The van der Waals surface area contributed by atoms with Gasteiger partial charge in [-0.1, -0.05) is 24.3 Å². The second-order valence-corrected chi connectivity index (χ2v) is 6.78. The Kier molecular flexibility index (Phi) is 4.53. The van der Waals surface area contributed by atoms with Crippen LogP contribution < -0.4 is 10.0 Å². The zero-order valence-corrected chi connectivity index (χ0v) is 13.5. The van der Waals surface area contributed by atoms with Crippen molar-refractivity contribution in [1.82, 2.24) is 0 Å². The number of nitrogen functional groups attached to an aromatic ring is 1. The van der Waals surface area contributed by atoms with E-state index >= 15 is 0 Å². The van der Waals surface area contributed by atoms with E-state index in [0.29, 0.717) is 16.8 Å². The zero-order valence-electron chi connectivity index (χ0n) is 12.7. The number of nitrogens with zero attached hydrogens (tertiary/aromatic N) is 1. The Labute approximate surface area is 132 Å². The van der Waals surface area contributed by atoms with Crippen LogP contribution >= 0.6 is 0 Å². The van der Waals surface area contributed by atoms with Crippen LogP contribution in [0.25, 0.3) is 11.1 Å². The van der Waals surface area contributed by atoms with Gasteiger partial charge in [0.1, 0.15) is 5.82 Å². The topological polar surface area (TPSA) is 66.6 Å². The molecule has 0 spiro atoms. The fourth-order valence-electron chi connectivity index (χ4n) is 2.27. The van der Waals surface area contributed by atoms with E-state index in [1.807, 2.05) is 20.8 Å². The van der Waals surface area contributed by atoms with Crippen molar-refractivity contribution in [2.24, 2.45) is 0 Å². The molecule has 0 saturated carbocycles. The van der Waals surface area contributed by atoms with Crippen molar-refractivity contribution in [3.8, 4) is 11.1 Å². The molecule has 1 atom stereocenters. The van der Waals surface area contributed by atoms with Crippen LogP contribution in [-0.4, -0.2) is 14.3 Å². The van der Waals surface area contributed by atoms with Crippen LogP contribution in [0.2, 0.25) is 0 Å². The molecule has 0 aliphatic rings. The van der Waals surface area contributed by atoms with Gasteiger partial charge in [-0.05, 0) is 44.5 Å². The quantitative estimate of drug-likeness (QED) is 0.667. The summed E-state index contributed by atoms with van der Waals surface area (Å²) in [6.07, 6.45) is 0. The number of hydrogen-bond acceptors (Lipinski definition) is 2. The maximum Gasteiger partial charge on any atom is 0.262 e. The number of para-hydroxylation sites is 1. The third kappa shape index (κ3) is 3.28. The van der Waals surface area contributed by atoms with Crippen molar-refractivity contribution in [1.29, 1.82) is 0 Å². The molecule has 0 fully saturated rings. The minimum Gasteiger partial charge on any atom is -0.396 e. The number of rotatable bonds is 3. The van der Waals surface area contributed by atoms with Gasteiger partial charge >= 0.3 is 0 Å². The highest BCUT2D eigenvalue weighted by molar-refractivity contribution is 7.80. The van der Waals surface area contributed by atoms with E-state index < -0.39 is 22.6 Å². The number of hydrogen-bond donors (Lipinski definition) is 2. The van der Waals surface area contributed by atoms with Gasteiger partial charge in [0, 0.05) is 11.1 Å². The minimum atomic E-state index is -2.20. The first-order valence-corrected chi connectivity index (χ1v) is 7.84. The fourth-order valence-corrected chi connectivity index (χ4v) is 3.07. The van der Waals surface area contributed by atoms with Crippen molar-refractivity contribution in [3.63, 3.8) is 0 Å². The predicted octanol–water partition coefficient (Wildman–Crippen LogP) is 3.82. The molecule has 3 N–H and O–H groups in total. The van der Waals surface area contributed by atoms with E-state index in [2.05, 4.69) is 0 Å². The first kappa shape index (κ1) is 16.5. The maximum atomic E-state index is 13.7. The molecule has 2 rings (SSSR count). The minimum absolute atomic E-state index is 0.0691. The van der Waals surface area contributed by atoms with Crippen molar-refractivity contribution < 1.29 is 13.2 Å². The Bertz CT molecular complexity index is 714. The van der Waals surface area contributed by atoms with E-state index in [1.165, 1.54) is 16.4 Å². The van der Waals surface area contributed by atoms with Gasteiger partial charge in [-0.15, -0.1) is 0 Å². The molecule has 0 amide bonds. The third-order valence-corrected chi connectivity index (χ3v) is 4.26. The van der Waals surface area contributed by atoms with Gasteiger partial charge in [-0.2, -0.15) is 0 Å². The average molecular weight is 322 g/mol. The molecular formula is C16H19FN2O2S. The lowest BCUT2D eigenvalue weighted by Crippen LogP contribution is -2.42. The summed E-state index contributed by atoms with van der Waals surface area (Å²) in [6, 6.07) is 11.6. The van der Waals surface area contributed by atoms with Gasteiger partial charge in [-0.3, -0.25) is 8.86 Å². The highest BCUT2D eigenvalue weighted by atomic mass is 32.2. The Balaban J connectivity index is 2.64. The Morgan fingerprint density at radius 3 is 2.36 bits per heavy atom. The summed E-state index contributed by atoms with van der Waals surface area (Å²) in [5.74, 6) is -0.514. The van der Waals surface area contributed by atoms with E-state index in [4.69, 9.17) is 5.73 Å². The summed E-state index contributed by atoms with van der Waals surface area (Å²) in [4.78, 5) is 0. The molecule has 0 bridgehead atoms. The van der Waals surface area contributed by atoms with Crippen molar-refractivity contribution in [2.75, 3.05) is 10.0 Å². The number of benzene rings is 2. The van der Waals surface area contributed by atoms with E-state index in [1.54, 1.807) is 30.3 Å². The number of halogens is 1. The molecule has 0 aliphatic heterocycles. The van der Waals surface area contributed by atoms with Crippen LogP contribution in [0.5, 0.6) is 0 Å². The lowest BCUT2D eigenvalue weighted by Gasteiger charge is -2.35. The van der Waals surface area contributed by atoms with Crippen LogP contribution in [0, 0.1) is 5.82 Å². The molecule has 4 nitrogen and oxygen atoms in total. The molecule has 0 saturated heterocycles. The Morgan fingerprint density at radius 1 is 1.18 bits per heavy atom. The maximum absolute atomic E-state index is 13.7. The largest absolute Gasteiger partial charge is 0.396 e. The standard InChI is InChI=1S/C16H19FN2O2S/c1-16(2,3)19(22(20)21)15-7-5-4-6-12(15)11-8-9-14(18)13(17)10-11/h4-10H,18H2,1-3H3,(H,20,21). The van der Waals surface area contributed by atoms with E-state index in [9.17, 15) is 13.2 Å². The van der Waals surface area contributed by atoms with Crippen LogP contribution in [0.1, 0.15) is 20.8 Å². The van der Waals surface area contributed by atoms with E-state index in [-0.39, 0.29) is 5.69 Å². The molecule has 22 heavy (non-hydrogen) atoms. The molecular weight excluding hydrogens is 303 g/mol. The molecule has 1 unspecified atom stereocenters. The molecule has 2 aromatic rings. The van der Waals surface area contributed by atoms with Gasteiger partial charge < -0.3 is 5.73 Å². The van der Waals surface area contributed by atoms with Gasteiger partial charge in [0.2, 0.25) is 0 Å². The number of anilines is 2. The van der Waals surface area contributed by atoms with Crippen molar-refractivity contribution >= 4 is 22.6 Å². The van der Waals surface area contributed by atoms with Gasteiger partial charge in [0.25, 0.3) is 11.3 Å². The van der Waals surface area contributed by atoms with Crippen LogP contribution in [0.15, 0.2) is 42.5 Å². The molecule has 0 heterocycles. The lowest BCUT2D eigenvalue weighted by molar-refractivity contribution is 0.515. The van der Waals surface area contributed by atoms with Gasteiger partial charge in [-0.25, -0.2) is 8.60 Å². The van der Waals surface area contributed by atoms with Gasteiger partial charge in [0.05, 0.1) is 11.4 Å². The first-order valence-electron chi connectivity index (χ1n) is 6.77. The number of nitrogens with two attached hydrogens (primary N) is 1. The summed E-state index contributed by atoms with van der Waals surface area (Å²) in [5.41, 5.74) is 6.82. The highest BCUT2D eigenvalue weighted by Gasteiger charge is 2.28. The molecule has 0 radical (unpaired) electrons. The zero-order chi connectivity index (χ0) is 16.5. The van der Waals surface area contributed by atoms with E-state index in [0.717, 1.165) is 0 Å². The smallest absolute Gasteiger partial charge is 0.262 e. The summed E-state index contributed by atoms with van der Waals surface area (Å²) in [7, 11) is 0. The summed E-state index contributed by atoms with van der Waals surface area (Å²) in [6.45, 7) is 5.50. The first-order chi connectivity index (χ1) is 10.2. The fraction of sp³-hybridized carbons (Fsp3) is 0.250. The predicted molar refractivity (Wildman–Crippen MR) is 89.3 cm³/mol. The molecule has 6 heteroatoms. The van der Waals surface area contributed by atoms with Crippen LogP contribution in [0.3, 0.4) is 0 Å². The second-order valence-electron chi connectivity index (χ2n) is 5.95. The molecule has 2 aromatic carbocycles. The van der Waals surface area contributed by atoms with Gasteiger partial charge in [0.15, 0.2) is 0 Å². The lowest BCUT2D eigenvalue weighted by atomic mass is 10.0. The monoisotopic (exact) mass is 322 g/mol. The molecule has 0 aliphatic carbocycles. The van der Waals surface area contributed by atoms with Crippen molar-refractivity contribution in [2.45, 2.75) is 26.3 Å². The Hall–Kier alpha value is -1.92. The summed E-state index contributed by atoms with van der Waals surface area (Å²) >= 11 is -2.20.